The average molecular weight is 399 g/mol. The molecule has 0 bridgehead atoms. The van der Waals surface area contributed by atoms with Crippen LogP contribution >= 0.6 is 11.6 Å². The Labute approximate surface area is 166 Å². The van der Waals surface area contributed by atoms with Gasteiger partial charge in [-0.3, -0.25) is 0 Å². The zero-order valence-corrected chi connectivity index (χ0v) is 16.2. The Morgan fingerprint density at radius 2 is 1.93 bits per heavy atom. The van der Waals surface area contributed by atoms with Crippen molar-refractivity contribution >= 4 is 28.5 Å². The number of benzene rings is 2. The van der Waals surface area contributed by atoms with Crippen LogP contribution in [-0.2, 0) is 29.0 Å². The second-order valence-corrected chi connectivity index (χ2v) is 7.36. The van der Waals surface area contributed by atoms with Gasteiger partial charge in [0.25, 0.3) is 0 Å². The minimum absolute atomic E-state index is 0.0112. The number of carbonyl (C=O) groups is 1. The molecule has 28 heavy (non-hydrogen) atoms. The Morgan fingerprint density at radius 1 is 1.14 bits per heavy atom. The van der Waals surface area contributed by atoms with E-state index in [9.17, 15) is 9.59 Å². The molecule has 0 aliphatic heterocycles. The summed E-state index contributed by atoms with van der Waals surface area (Å²) in [4.78, 5) is 24.0. The first-order chi connectivity index (χ1) is 13.5. The molecule has 1 aliphatic rings. The van der Waals surface area contributed by atoms with Crippen LogP contribution in [0.5, 0.6) is 5.75 Å². The van der Waals surface area contributed by atoms with Gasteiger partial charge in [-0.05, 0) is 73.2 Å². The van der Waals surface area contributed by atoms with Gasteiger partial charge in [0, 0.05) is 22.0 Å². The van der Waals surface area contributed by atoms with Gasteiger partial charge in [-0.15, -0.1) is 0 Å². The Hall–Kier alpha value is -2.79. The van der Waals surface area contributed by atoms with E-state index in [1.165, 1.54) is 17.2 Å². The van der Waals surface area contributed by atoms with Crippen LogP contribution in [-0.4, -0.2) is 12.6 Å². The second kappa shape index (κ2) is 7.68. The van der Waals surface area contributed by atoms with Crippen LogP contribution in [0.1, 0.15) is 28.7 Å². The minimum atomic E-state index is -0.517. The number of esters is 1. The molecule has 0 unspecified atom stereocenters. The number of fused-ring (bicyclic) bond motifs is 2. The lowest BCUT2D eigenvalue weighted by Crippen LogP contribution is -2.15. The fourth-order valence-electron chi connectivity index (χ4n) is 3.53. The minimum Gasteiger partial charge on any atom is -0.482 e. The van der Waals surface area contributed by atoms with Gasteiger partial charge >= 0.3 is 11.6 Å². The first-order valence-electron chi connectivity index (χ1n) is 9.13. The maximum absolute atomic E-state index is 12.1. The zero-order valence-electron chi connectivity index (χ0n) is 15.4. The number of rotatable bonds is 5. The van der Waals surface area contributed by atoms with Crippen LogP contribution in [0.25, 0.3) is 11.0 Å². The van der Waals surface area contributed by atoms with Crippen LogP contribution in [0.4, 0.5) is 0 Å². The molecule has 0 atom stereocenters. The van der Waals surface area contributed by atoms with Crippen molar-refractivity contribution in [2.24, 2.45) is 0 Å². The fourth-order valence-corrected chi connectivity index (χ4v) is 3.75. The van der Waals surface area contributed by atoms with Gasteiger partial charge < -0.3 is 13.9 Å². The molecule has 0 amide bonds. The van der Waals surface area contributed by atoms with Crippen LogP contribution in [0.2, 0.25) is 5.02 Å². The summed E-state index contributed by atoms with van der Waals surface area (Å²) in [6.07, 6.45) is 3.11. The summed E-state index contributed by atoms with van der Waals surface area (Å²) in [5.41, 5.74) is 4.03. The molecule has 0 fully saturated rings. The molecule has 0 spiro atoms. The molecule has 144 valence electrons. The number of halogens is 1. The second-order valence-electron chi connectivity index (χ2n) is 6.92. The molecule has 0 radical (unpaired) electrons. The molecule has 0 saturated heterocycles. The van der Waals surface area contributed by atoms with Gasteiger partial charge in [0.15, 0.2) is 6.61 Å². The number of ether oxygens (including phenoxy) is 2. The molecule has 5 nitrogen and oxygen atoms in total. The zero-order chi connectivity index (χ0) is 19.7. The van der Waals surface area contributed by atoms with Crippen LogP contribution in [0, 0.1) is 6.92 Å². The monoisotopic (exact) mass is 398 g/mol. The Bertz CT molecular complexity index is 1120. The molecule has 3 aromatic rings. The highest BCUT2D eigenvalue weighted by atomic mass is 35.5. The molecule has 6 heteroatoms. The Balaban J connectivity index is 1.46. The van der Waals surface area contributed by atoms with E-state index in [4.69, 9.17) is 25.5 Å². The summed E-state index contributed by atoms with van der Waals surface area (Å²) in [6, 6.07) is 10.5. The number of aryl methyl sites for hydroxylation is 3. The van der Waals surface area contributed by atoms with E-state index in [1.54, 1.807) is 18.2 Å². The first-order valence-corrected chi connectivity index (χ1v) is 9.50. The van der Waals surface area contributed by atoms with Gasteiger partial charge in [-0.25, -0.2) is 9.59 Å². The van der Waals surface area contributed by atoms with Crippen LogP contribution in [0.3, 0.4) is 0 Å². The molecule has 4 rings (SSSR count). The smallest absolute Gasteiger partial charge is 0.344 e. The maximum atomic E-state index is 12.1. The number of carbonyl (C=O) groups excluding carboxylic acids is 1. The third-order valence-corrected chi connectivity index (χ3v) is 5.15. The largest absolute Gasteiger partial charge is 0.482 e. The highest BCUT2D eigenvalue weighted by Crippen LogP contribution is 2.29. The summed E-state index contributed by atoms with van der Waals surface area (Å²) in [6.45, 7) is 1.61. The van der Waals surface area contributed by atoms with E-state index in [1.807, 2.05) is 19.1 Å². The third-order valence-electron chi connectivity index (χ3n) is 4.91. The predicted octanol–water partition coefficient (Wildman–Crippen LogP) is 4.37. The lowest BCUT2D eigenvalue weighted by Gasteiger charge is -2.11. The van der Waals surface area contributed by atoms with E-state index >= 15 is 0 Å². The average Bonchev–Trinajstić information content (AvgIpc) is 3.11. The van der Waals surface area contributed by atoms with Crippen LogP contribution in [0.15, 0.2) is 45.6 Å². The van der Waals surface area contributed by atoms with Crippen molar-refractivity contribution in [2.75, 3.05) is 6.61 Å². The van der Waals surface area contributed by atoms with E-state index in [2.05, 4.69) is 0 Å². The normalized spacial score (nSPS) is 12.8. The highest BCUT2D eigenvalue weighted by Gasteiger charge is 2.16. The first kappa shape index (κ1) is 18.6. The lowest BCUT2D eigenvalue weighted by molar-refractivity contribution is -0.147. The quantitative estimate of drug-likeness (QED) is 0.471. The van der Waals surface area contributed by atoms with Crippen molar-refractivity contribution in [3.05, 3.63) is 74.1 Å². The molecule has 1 aliphatic carbocycles. The summed E-state index contributed by atoms with van der Waals surface area (Å²) >= 11 is 5.91. The fraction of sp³-hybridized carbons (Fsp3) is 0.273. The van der Waals surface area contributed by atoms with Gasteiger partial charge in [0.1, 0.15) is 17.9 Å². The molecular formula is C22H19ClO5. The van der Waals surface area contributed by atoms with Gasteiger partial charge in [0.05, 0.1) is 0 Å². The van der Waals surface area contributed by atoms with Crippen molar-refractivity contribution in [1.82, 2.24) is 0 Å². The lowest BCUT2D eigenvalue weighted by atomic mass is 10.0. The molecular weight excluding hydrogens is 380 g/mol. The molecule has 1 heterocycles. The van der Waals surface area contributed by atoms with E-state index in [-0.39, 0.29) is 13.2 Å². The number of hydrogen-bond donors (Lipinski definition) is 0. The van der Waals surface area contributed by atoms with E-state index < -0.39 is 11.6 Å². The van der Waals surface area contributed by atoms with Crippen molar-refractivity contribution in [3.8, 4) is 5.75 Å². The van der Waals surface area contributed by atoms with Crippen molar-refractivity contribution in [3.63, 3.8) is 0 Å². The van der Waals surface area contributed by atoms with E-state index in [0.717, 1.165) is 30.2 Å². The van der Waals surface area contributed by atoms with Gasteiger partial charge in [-0.1, -0.05) is 11.6 Å². The standard InChI is InChI=1S/C22H19ClO5/c1-13-7-17(23)5-6-19(13)26-12-22(25)27-11-16-10-21(24)28-20-9-15-4-2-3-14(15)8-18(16)20/h5-10H,2-4,11-12H2,1H3. The summed E-state index contributed by atoms with van der Waals surface area (Å²) in [5, 5.41) is 1.41. The van der Waals surface area contributed by atoms with Crippen molar-refractivity contribution in [1.29, 1.82) is 0 Å². The van der Waals surface area contributed by atoms with Gasteiger partial charge in [0.2, 0.25) is 0 Å². The van der Waals surface area contributed by atoms with Gasteiger partial charge in [-0.2, -0.15) is 0 Å². The summed E-state index contributed by atoms with van der Waals surface area (Å²) in [7, 11) is 0. The SMILES string of the molecule is Cc1cc(Cl)ccc1OCC(=O)OCc1cc(=O)oc2cc3c(cc12)CCC3. The molecule has 0 N–H and O–H groups in total. The van der Waals surface area contributed by atoms with Crippen LogP contribution < -0.4 is 10.4 Å². The predicted molar refractivity (Wildman–Crippen MR) is 106 cm³/mol. The topological polar surface area (TPSA) is 65.7 Å². The van der Waals surface area contributed by atoms with Crippen molar-refractivity contribution < 1.29 is 18.7 Å². The van der Waals surface area contributed by atoms with Crippen molar-refractivity contribution in [2.45, 2.75) is 32.8 Å². The molecule has 1 aromatic heterocycles. The summed E-state index contributed by atoms with van der Waals surface area (Å²) in [5.74, 6) is 0.0552. The van der Waals surface area contributed by atoms with E-state index in [0.29, 0.717) is 21.9 Å². The summed E-state index contributed by atoms with van der Waals surface area (Å²) < 4.78 is 16.2. The highest BCUT2D eigenvalue weighted by molar-refractivity contribution is 6.30. The Kier molecular flexibility index (Phi) is 5.09. The third kappa shape index (κ3) is 3.90. The molecule has 0 saturated carbocycles. The maximum Gasteiger partial charge on any atom is 0.344 e. The number of hydrogen-bond acceptors (Lipinski definition) is 5. The Morgan fingerprint density at radius 3 is 2.71 bits per heavy atom. The molecule has 2 aromatic carbocycles.